The molecular weight excluding hydrogens is 235 g/mol. The van der Waals surface area contributed by atoms with Crippen LogP contribution in [0, 0.1) is 0 Å². The summed E-state index contributed by atoms with van der Waals surface area (Å²) in [5.74, 6) is 0.419. The van der Waals surface area contributed by atoms with E-state index in [1.54, 1.807) is 12.1 Å². The van der Waals surface area contributed by atoms with Crippen LogP contribution in [0.15, 0.2) is 18.2 Å². The van der Waals surface area contributed by atoms with E-state index in [0.717, 1.165) is 17.8 Å². The molecule has 3 nitrogen and oxygen atoms in total. The van der Waals surface area contributed by atoms with Gasteiger partial charge in [0.05, 0.1) is 0 Å². The van der Waals surface area contributed by atoms with Crippen molar-refractivity contribution < 1.29 is 14.7 Å². The standard InChI is InChI=1S/C13H23O3P/c1-9(2)11-7-6-8-12(13(11)10(3)4)17(5,14,15)16/h6-10,14-16H,1-5H3. The Balaban J connectivity index is 3.58. The van der Waals surface area contributed by atoms with Gasteiger partial charge in [0.2, 0.25) is 0 Å². The average Bonchev–Trinajstić information content (AvgIpc) is 2.13. The molecule has 0 radical (unpaired) electrons. The summed E-state index contributed by atoms with van der Waals surface area (Å²) in [5.41, 5.74) is 1.92. The van der Waals surface area contributed by atoms with Gasteiger partial charge in [-0.25, -0.2) is 0 Å². The Bertz CT molecular complexity index is 407. The van der Waals surface area contributed by atoms with Crippen molar-refractivity contribution in [1.82, 2.24) is 0 Å². The van der Waals surface area contributed by atoms with E-state index in [0.29, 0.717) is 0 Å². The van der Waals surface area contributed by atoms with E-state index in [-0.39, 0.29) is 17.1 Å². The summed E-state index contributed by atoms with van der Waals surface area (Å²) in [5, 5.41) is 0.289. The van der Waals surface area contributed by atoms with E-state index < -0.39 is 7.28 Å². The fourth-order valence-corrected chi connectivity index (χ4v) is 3.55. The van der Waals surface area contributed by atoms with Crippen molar-refractivity contribution in [2.24, 2.45) is 0 Å². The van der Waals surface area contributed by atoms with E-state index in [4.69, 9.17) is 0 Å². The van der Waals surface area contributed by atoms with Crippen LogP contribution in [0.3, 0.4) is 0 Å². The van der Waals surface area contributed by atoms with Gasteiger partial charge in [-0.1, -0.05) is 0 Å². The molecule has 0 aliphatic rings. The first-order chi connectivity index (χ1) is 7.51. The second-order valence-corrected chi connectivity index (χ2v) is 8.75. The molecule has 0 fully saturated rings. The van der Waals surface area contributed by atoms with Crippen LogP contribution in [0.2, 0.25) is 0 Å². The van der Waals surface area contributed by atoms with Crippen LogP contribution in [-0.4, -0.2) is 21.3 Å². The number of hydrogen-bond acceptors (Lipinski definition) is 3. The first kappa shape index (κ1) is 14.6. The Kier molecular flexibility index (Phi) is 3.71. The summed E-state index contributed by atoms with van der Waals surface area (Å²) in [4.78, 5) is 29.8. The molecule has 98 valence electrons. The van der Waals surface area contributed by atoms with Crippen LogP contribution in [0.5, 0.6) is 0 Å². The van der Waals surface area contributed by atoms with Gasteiger partial charge < -0.3 is 0 Å². The summed E-state index contributed by atoms with van der Waals surface area (Å²) in [6.07, 6.45) is 0. The van der Waals surface area contributed by atoms with Crippen molar-refractivity contribution in [3.8, 4) is 0 Å². The molecule has 17 heavy (non-hydrogen) atoms. The maximum atomic E-state index is 9.93. The second kappa shape index (κ2) is 4.33. The van der Waals surface area contributed by atoms with Crippen molar-refractivity contribution in [1.29, 1.82) is 0 Å². The number of rotatable bonds is 3. The van der Waals surface area contributed by atoms with Crippen LogP contribution in [0.4, 0.5) is 0 Å². The van der Waals surface area contributed by atoms with Crippen LogP contribution < -0.4 is 5.30 Å². The third kappa shape index (κ3) is 3.26. The SMILES string of the molecule is CC(C)c1cccc(P(C)(O)(O)O)c1C(C)C. The van der Waals surface area contributed by atoms with Gasteiger partial charge in [-0.2, -0.15) is 0 Å². The van der Waals surface area contributed by atoms with Gasteiger partial charge in [-0.3, -0.25) is 0 Å². The van der Waals surface area contributed by atoms with E-state index >= 15 is 0 Å². The zero-order valence-corrected chi connectivity index (χ0v) is 12.1. The summed E-state index contributed by atoms with van der Waals surface area (Å²) >= 11 is 0. The fourth-order valence-electron chi connectivity index (χ4n) is 2.16. The number of hydrogen-bond donors (Lipinski definition) is 3. The molecule has 1 aromatic rings. The van der Waals surface area contributed by atoms with Gasteiger partial charge in [-0.15, -0.1) is 0 Å². The van der Waals surface area contributed by atoms with Crippen LogP contribution in [-0.2, 0) is 0 Å². The van der Waals surface area contributed by atoms with E-state index in [1.165, 1.54) is 0 Å². The van der Waals surface area contributed by atoms with Crippen LogP contribution in [0.25, 0.3) is 0 Å². The molecule has 0 spiro atoms. The Morgan fingerprint density at radius 1 is 0.941 bits per heavy atom. The predicted octanol–water partition coefficient (Wildman–Crippen LogP) is 2.46. The second-order valence-electron chi connectivity index (χ2n) is 5.48. The summed E-state index contributed by atoms with van der Waals surface area (Å²) < 4.78 is 0. The molecule has 0 aliphatic carbocycles. The van der Waals surface area contributed by atoms with Gasteiger partial charge in [0.25, 0.3) is 0 Å². The molecule has 0 bridgehead atoms. The Morgan fingerprint density at radius 2 is 1.47 bits per heavy atom. The molecule has 4 heteroatoms. The first-order valence-corrected chi connectivity index (χ1v) is 8.44. The molecular formula is C13H23O3P. The molecule has 1 aromatic carbocycles. The Labute approximate surface area is 103 Å². The topological polar surface area (TPSA) is 60.7 Å². The van der Waals surface area contributed by atoms with Crippen LogP contribution in [0.1, 0.15) is 50.7 Å². The van der Waals surface area contributed by atoms with Crippen molar-refractivity contribution in [3.05, 3.63) is 29.3 Å². The first-order valence-electron chi connectivity index (χ1n) is 5.90. The zero-order valence-electron chi connectivity index (χ0n) is 11.2. The van der Waals surface area contributed by atoms with Crippen molar-refractivity contribution in [3.63, 3.8) is 0 Å². The minimum atomic E-state index is -4.69. The Morgan fingerprint density at radius 3 is 1.82 bits per heavy atom. The molecule has 0 saturated heterocycles. The minimum absolute atomic E-state index is 0.136. The summed E-state index contributed by atoms with van der Waals surface area (Å²) in [7, 11) is -4.69. The quantitative estimate of drug-likeness (QED) is 0.730. The average molecular weight is 258 g/mol. The van der Waals surface area contributed by atoms with Gasteiger partial charge in [0, 0.05) is 0 Å². The van der Waals surface area contributed by atoms with Crippen molar-refractivity contribution >= 4 is 12.6 Å². The summed E-state index contributed by atoms with van der Waals surface area (Å²) in [6, 6.07) is 5.36. The van der Waals surface area contributed by atoms with E-state index in [1.807, 2.05) is 19.9 Å². The van der Waals surface area contributed by atoms with E-state index in [2.05, 4.69) is 13.8 Å². The van der Waals surface area contributed by atoms with E-state index in [9.17, 15) is 14.7 Å². The third-order valence-electron chi connectivity index (χ3n) is 2.88. The molecule has 0 unspecified atom stereocenters. The maximum absolute atomic E-state index is 9.93. The fraction of sp³-hybridized carbons (Fsp3) is 0.538. The predicted molar refractivity (Wildman–Crippen MR) is 73.8 cm³/mol. The number of benzene rings is 1. The molecule has 1 rings (SSSR count). The van der Waals surface area contributed by atoms with Gasteiger partial charge in [0.1, 0.15) is 0 Å². The van der Waals surface area contributed by atoms with Crippen molar-refractivity contribution in [2.75, 3.05) is 6.66 Å². The van der Waals surface area contributed by atoms with Crippen molar-refractivity contribution in [2.45, 2.75) is 39.5 Å². The molecule has 0 saturated carbocycles. The monoisotopic (exact) mass is 258 g/mol. The van der Waals surface area contributed by atoms with Gasteiger partial charge in [0.15, 0.2) is 0 Å². The van der Waals surface area contributed by atoms with Gasteiger partial charge >= 0.3 is 103 Å². The third-order valence-corrected chi connectivity index (χ3v) is 4.40. The summed E-state index contributed by atoms with van der Waals surface area (Å²) in [6.45, 7) is 9.22. The Hall–Kier alpha value is -0.470. The molecule has 3 N–H and O–H groups in total. The normalized spacial score (nSPS) is 15.1. The molecule has 0 amide bonds. The molecule has 0 heterocycles. The van der Waals surface area contributed by atoms with Gasteiger partial charge in [-0.05, 0) is 0 Å². The van der Waals surface area contributed by atoms with Crippen LogP contribution >= 0.6 is 7.28 Å². The molecule has 0 aromatic heterocycles. The zero-order chi connectivity index (χ0) is 13.5. The molecule has 0 atom stereocenters. The molecule has 0 aliphatic heterocycles.